The van der Waals surface area contributed by atoms with Crippen LogP contribution in [0.2, 0.25) is 0 Å². The average Bonchev–Trinajstić information content (AvgIpc) is 3.19. The molecule has 0 radical (unpaired) electrons. The molecular formula is C21H18N2O5S. The summed E-state index contributed by atoms with van der Waals surface area (Å²) in [4.78, 5) is 39.4. The molecule has 0 saturated heterocycles. The minimum atomic E-state index is -0.592. The Bertz CT molecular complexity index is 999. The van der Waals surface area contributed by atoms with Crippen LogP contribution in [0.4, 0.5) is 5.13 Å². The molecule has 148 valence electrons. The minimum Gasteiger partial charge on any atom is -0.469 e. The van der Waals surface area contributed by atoms with E-state index in [9.17, 15) is 14.4 Å². The highest BCUT2D eigenvalue weighted by molar-refractivity contribution is 7.13. The van der Waals surface area contributed by atoms with Crippen LogP contribution < -0.4 is 5.32 Å². The fourth-order valence-corrected chi connectivity index (χ4v) is 3.19. The zero-order valence-corrected chi connectivity index (χ0v) is 16.4. The van der Waals surface area contributed by atoms with Crippen molar-refractivity contribution in [3.63, 3.8) is 0 Å². The number of esters is 2. The second-order valence-electron chi connectivity index (χ2n) is 5.96. The Labute approximate surface area is 171 Å². The number of aromatic nitrogens is 1. The summed E-state index contributed by atoms with van der Waals surface area (Å²) in [6, 6.07) is 16.7. The summed E-state index contributed by atoms with van der Waals surface area (Å²) in [6.07, 6.45) is 0.0246. The summed E-state index contributed by atoms with van der Waals surface area (Å²) in [7, 11) is 1.29. The lowest BCUT2D eigenvalue weighted by Gasteiger charge is -2.06. The lowest BCUT2D eigenvalue weighted by atomic mass is 10.0. The van der Waals surface area contributed by atoms with Crippen molar-refractivity contribution in [1.29, 1.82) is 0 Å². The van der Waals surface area contributed by atoms with Gasteiger partial charge in [-0.2, -0.15) is 0 Å². The van der Waals surface area contributed by atoms with Crippen molar-refractivity contribution >= 4 is 34.3 Å². The number of thiazole rings is 1. The van der Waals surface area contributed by atoms with Gasteiger partial charge in [0.05, 0.1) is 24.8 Å². The molecule has 2 aromatic carbocycles. The molecule has 1 heterocycles. The molecule has 0 aliphatic rings. The zero-order valence-electron chi connectivity index (χ0n) is 15.6. The molecule has 0 bridgehead atoms. The molecule has 0 saturated carbocycles. The van der Waals surface area contributed by atoms with Gasteiger partial charge in [0.1, 0.15) is 0 Å². The molecular weight excluding hydrogens is 392 g/mol. The molecule has 0 atom stereocenters. The van der Waals surface area contributed by atoms with E-state index in [0.717, 1.165) is 11.1 Å². The summed E-state index contributed by atoms with van der Waals surface area (Å²) in [6.45, 7) is -0.439. The lowest BCUT2D eigenvalue weighted by Crippen LogP contribution is -2.21. The topological polar surface area (TPSA) is 94.6 Å². The van der Waals surface area contributed by atoms with Gasteiger partial charge in [-0.05, 0) is 23.3 Å². The number of carbonyl (C=O) groups excluding carboxylic acids is 3. The van der Waals surface area contributed by atoms with E-state index < -0.39 is 24.5 Å². The van der Waals surface area contributed by atoms with Gasteiger partial charge in [-0.1, -0.05) is 42.5 Å². The van der Waals surface area contributed by atoms with E-state index >= 15 is 0 Å². The molecule has 1 aromatic heterocycles. The van der Waals surface area contributed by atoms with Gasteiger partial charge in [0.2, 0.25) is 0 Å². The van der Waals surface area contributed by atoms with Gasteiger partial charge in [-0.15, -0.1) is 11.3 Å². The van der Waals surface area contributed by atoms with Crippen LogP contribution in [0.1, 0.15) is 16.1 Å². The number of anilines is 1. The second-order valence-corrected chi connectivity index (χ2v) is 6.82. The predicted octanol–water partition coefficient (Wildman–Crippen LogP) is 3.32. The van der Waals surface area contributed by atoms with Crippen LogP contribution in [-0.2, 0) is 25.5 Å². The Kier molecular flexibility index (Phi) is 6.70. The number of benzene rings is 2. The Morgan fingerprint density at radius 3 is 2.38 bits per heavy atom. The highest BCUT2D eigenvalue weighted by Crippen LogP contribution is 2.19. The van der Waals surface area contributed by atoms with Crippen molar-refractivity contribution in [2.24, 2.45) is 0 Å². The summed E-state index contributed by atoms with van der Waals surface area (Å²) >= 11 is 1.17. The fourth-order valence-electron chi connectivity index (χ4n) is 2.46. The van der Waals surface area contributed by atoms with Crippen molar-refractivity contribution in [2.45, 2.75) is 6.42 Å². The Hall–Kier alpha value is -3.52. The molecule has 1 amide bonds. The first kappa shape index (κ1) is 20.2. The van der Waals surface area contributed by atoms with Gasteiger partial charge in [0.25, 0.3) is 5.91 Å². The first-order valence-corrected chi connectivity index (χ1v) is 9.57. The maximum atomic E-state index is 12.1. The van der Waals surface area contributed by atoms with Crippen LogP contribution in [0.15, 0.2) is 60.0 Å². The van der Waals surface area contributed by atoms with E-state index in [1.807, 2.05) is 42.5 Å². The summed E-state index contributed by atoms with van der Waals surface area (Å²) in [5, 5.41) is 4.49. The Balaban J connectivity index is 1.50. The molecule has 0 unspecified atom stereocenters. The summed E-state index contributed by atoms with van der Waals surface area (Å²) in [5.41, 5.74) is 2.87. The van der Waals surface area contributed by atoms with Crippen molar-refractivity contribution in [1.82, 2.24) is 4.98 Å². The lowest BCUT2D eigenvalue weighted by molar-refractivity contribution is -0.139. The minimum absolute atomic E-state index is 0.0246. The number of hydrogen-bond acceptors (Lipinski definition) is 7. The number of methoxy groups -OCH3 is 1. The number of amides is 1. The largest absolute Gasteiger partial charge is 0.469 e. The van der Waals surface area contributed by atoms with Crippen molar-refractivity contribution in [2.75, 3.05) is 19.0 Å². The van der Waals surface area contributed by atoms with E-state index in [1.165, 1.54) is 18.4 Å². The van der Waals surface area contributed by atoms with Gasteiger partial charge < -0.3 is 9.47 Å². The van der Waals surface area contributed by atoms with Crippen molar-refractivity contribution in [3.05, 3.63) is 71.2 Å². The second kappa shape index (κ2) is 9.61. The SMILES string of the molecule is COC(=O)Cc1csc(NC(=O)COC(=O)c2ccc(-c3ccccc3)cc2)n1. The van der Waals surface area contributed by atoms with Crippen molar-refractivity contribution in [3.8, 4) is 11.1 Å². The van der Waals surface area contributed by atoms with Crippen LogP contribution >= 0.6 is 11.3 Å². The first-order valence-electron chi connectivity index (χ1n) is 8.69. The molecule has 3 aromatic rings. The van der Waals surface area contributed by atoms with E-state index in [2.05, 4.69) is 15.0 Å². The molecule has 8 heteroatoms. The normalized spacial score (nSPS) is 10.2. The Morgan fingerprint density at radius 1 is 1.00 bits per heavy atom. The number of rotatable bonds is 7. The molecule has 1 N–H and O–H groups in total. The van der Waals surface area contributed by atoms with Crippen molar-refractivity contribution < 1.29 is 23.9 Å². The standard InChI is InChI=1S/C21H18N2O5S/c1-27-19(25)11-17-13-29-21(22-17)23-18(24)12-28-20(26)16-9-7-15(8-10-16)14-5-3-2-4-6-14/h2-10,13H,11-12H2,1H3,(H,22,23,24). The van der Waals surface area contributed by atoms with Crippen LogP contribution in [-0.4, -0.2) is 36.5 Å². The van der Waals surface area contributed by atoms with E-state index in [1.54, 1.807) is 17.5 Å². The third kappa shape index (κ3) is 5.73. The first-order chi connectivity index (χ1) is 14.0. The number of hydrogen-bond donors (Lipinski definition) is 1. The predicted molar refractivity (Wildman–Crippen MR) is 109 cm³/mol. The molecule has 0 fully saturated rings. The number of nitrogens with one attached hydrogen (secondary N) is 1. The maximum Gasteiger partial charge on any atom is 0.338 e. The third-order valence-electron chi connectivity index (χ3n) is 3.91. The zero-order chi connectivity index (χ0) is 20.6. The van der Waals surface area contributed by atoms with Crippen LogP contribution in [0, 0.1) is 0 Å². The van der Waals surface area contributed by atoms with Crippen LogP contribution in [0.5, 0.6) is 0 Å². The van der Waals surface area contributed by atoms with Crippen LogP contribution in [0.25, 0.3) is 11.1 Å². The van der Waals surface area contributed by atoms with E-state index in [0.29, 0.717) is 16.4 Å². The molecule has 7 nitrogen and oxygen atoms in total. The number of carbonyl (C=O) groups is 3. The smallest absolute Gasteiger partial charge is 0.338 e. The molecule has 0 aliphatic carbocycles. The highest BCUT2D eigenvalue weighted by Gasteiger charge is 2.13. The monoisotopic (exact) mass is 410 g/mol. The summed E-state index contributed by atoms with van der Waals surface area (Å²) in [5.74, 6) is -1.52. The molecule has 29 heavy (non-hydrogen) atoms. The van der Waals surface area contributed by atoms with E-state index in [-0.39, 0.29) is 6.42 Å². The third-order valence-corrected chi connectivity index (χ3v) is 4.72. The maximum absolute atomic E-state index is 12.1. The van der Waals surface area contributed by atoms with Crippen LogP contribution in [0.3, 0.4) is 0 Å². The fraction of sp³-hybridized carbons (Fsp3) is 0.143. The van der Waals surface area contributed by atoms with Gasteiger partial charge in [0, 0.05) is 5.38 Å². The Morgan fingerprint density at radius 2 is 1.69 bits per heavy atom. The molecule has 3 rings (SSSR count). The van der Waals surface area contributed by atoms with Gasteiger partial charge in [-0.25, -0.2) is 9.78 Å². The quantitative estimate of drug-likeness (QED) is 0.601. The summed E-state index contributed by atoms with van der Waals surface area (Å²) < 4.78 is 9.61. The van der Waals surface area contributed by atoms with Gasteiger partial charge in [0.15, 0.2) is 11.7 Å². The van der Waals surface area contributed by atoms with Gasteiger partial charge >= 0.3 is 11.9 Å². The van der Waals surface area contributed by atoms with Gasteiger partial charge in [-0.3, -0.25) is 14.9 Å². The molecule has 0 aliphatic heterocycles. The molecule has 0 spiro atoms. The highest BCUT2D eigenvalue weighted by atomic mass is 32.1. The van der Waals surface area contributed by atoms with E-state index in [4.69, 9.17) is 4.74 Å². The average molecular weight is 410 g/mol. The number of nitrogens with zero attached hydrogens (tertiary/aromatic N) is 1. The number of ether oxygens (including phenoxy) is 2.